The number of hydrogen-bond acceptors (Lipinski definition) is 4. The van der Waals surface area contributed by atoms with Gasteiger partial charge in [-0.25, -0.2) is 0 Å². The average molecular weight is 342 g/mol. The summed E-state index contributed by atoms with van der Waals surface area (Å²) in [7, 11) is 2.05. The van der Waals surface area contributed by atoms with Crippen molar-refractivity contribution in [3.63, 3.8) is 0 Å². The Morgan fingerprint density at radius 2 is 1.95 bits per heavy atom. The number of ether oxygens (including phenoxy) is 1. The molecule has 0 saturated carbocycles. The van der Waals surface area contributed by atoms with E-state index in [4.69, 9.17) is 4.74 Å². The van der Waals surface area contributed by atoms with Gasteiger partial charge < -0.3 is 15.4 Å². The topological polar surface area (TPSA) is 53.6 Å². The highest BCUT2D eigenvalue weighted by atomic mass is 35.5. The summed E-state index contributed by atoms with van der Waals surface area (Å²) in [4.78, 5) is 14.1. The van der Waals surface area contributed by atoms with Crippen LogP contribution in [0.1, 0.15) is 32.1 Å². The van der Waals surface area contributed by atoms with Crippen molar-refractivity contribution < 1.29 is 9.53 Å². The van der Waals surface area contributed by atoms with Gasteiger partial charge in [0.15, 0.2) is 0 Å². The number of rotatable bonds is 5. The number of piperidine rings is 1. The van der Waals surface area contributed by atoms with Crippen molar-refractivity contribution in [2.75, 3.05) is 39.8 Å². The van der Waals surface area contributed by atoms with Crippen molar-refractivity contribution in [1.82, 2.24) is 15.5 Å². The summed E-state index contributed by atoms with van der Waals surface area (Å²) in [6.07, 6.45) is 5.94. The summed E-state index contributed by atoms with van der Waals surface area (Å²) in [5, 5.41) is 6.35. The van der Waals surface area contributed by atoms with Crippen LogP contribution in [0, 0.1) is 0 Å². The molecule has 126 valence electrons. The summed E-state index contributed by atoms with van der Waals surface area (Å²) in [6.45, 7) is 4.13. The van der Waals surface area contributed by atoms with Crippen LogP contribution in [0.15, 0.2) is 0 Å². The number of nitrogens with one attached hydrogen (secondary N) is 2. The van der Waals surface area contributed by atoms with E-state index in [1.54, 1.807) is 0 Å². The lowest BCUT2D eigenvalue weighted by Gasteiger charge is -2.31. The molecule has 2 aliphatic heterocycles. The van der Waals surface area contributed by atoms with Crippen LogP contribution in [0.5, 0.6) is 0 Å². The molecule has 1 amide bonds. The van der Waals surface area contributed by atoms with E-state index < -0.39 is 0 Å². The first-order chi connectivity index (χ1) is 9.25. The SMILES string of the molecule is CN(CC(=O)NCC1CCCCO1)C1CCNCC1.Cl.Cl. The standard InChI is InChI=1S/C14H27N3O2.2ClH/c1-17(12-5-7-15-8-6-12)11-14(18)16-10-13-4-2-3-9-19-13;;/h12-13,15H,2-11H2,1H3,(H,16,18);2*1H. The number of amides is 1. The Morgan fingerprint density at radius 3 is 2.57 bits per heavy atom. The molecule has 2 saturated heterocycles. The highest BCUT2D eigenvalue weighted by Crippen LogP contribution is 2.12. The van der Waals surface area contributed by atoms with Gasteiger partial charge in [0, 0.05) is 19.2 Å². The molecule has 2 aliphatic rings. The Hall–Kier alpha value is -0.0700. The van der Waals surface area contributed by atoms with E-state index >= 15 is 0 Å². The van der Waals surface area contributed by atoms with Crippen LogP contribution in [0.25, 0.3) is 0 Å². The molecule has 1 atom stereocenters. The summed E-state index contributed by atoms with van der Waals surface area (Å²) >= 11 is 0. The van der Waals surface area contributed by atoms with Crippen molar-refractivity contribution in [3.8, 4) is 0 Å². The lowest BCUT2D eigenvalue weighted by Crippen LogP contribution is -2.46. The van der Waals surface area contributed by atoms with Crippen LogP contribution < -0.4 is 10.6 Å². The van der Waals surface area contributed by atoms with Gasteiger partial charge >= 0.3 is 0 Å². The molecule has 7 heteroatoms. The third-order valence-corrected chi connectivity index (χ3v) is 4.13. The molecule has 2 heterocycles. The second-order valence-corrected chi connectivity index (χ2v) is 5.69. The predicted octanol–water partition coefficient (Wildman–Crippen LogP) is 1.20. The van der Waals surface area contributed by atoms with Gasteiger partial charge in [0.2, 0.25) is 5.91 Å². The van der Waals surface area contributed by atoms with E-state index in [0.29, 0.717) is 19.1 Å². The van der Waals surface area contributed by atoms with Gasteiger partial charge in [0.25, 0.3) is 0 Å². The Bertz CT molecular complexity index is 283. The number of hydrogen-bond donors (Lipinski definition) is 2. The molecule has 5 nitrogen and oxygen atoms in total. The quantitative estimate of drug-likeness (QED) is 0.788. The van der Waals surface area contributed by atoms with Crippen LogP contribution in [0.4, 0.5) is 0 Å². The smallest absolute Gasteiger partial charge is 0.234 e. The number of carbonyl (C=O) groups excluding carboxylic acids is 1. The van der Waals surface area contributed by atoms with Gasteiger partial charge in [-0.05, 0) is 52.2 Å². The molecule has 0 radical (unpaired) electrons. The summed E-state index contributed by atoms with van der Waals surface area (Å²) in [6, 6.07) is 0.540. The van der Waals surface area contributed by atoms with E-state index in [9.17, 15) is 4.79 Å². The van der Waals surface area contributed by atoms with E-state index in [2.05, 4.69) is 15.5 Å². The van der Waals surface area contributed by atoms with Gasteiger partial charge in [-0.2, -0.15) is 0 Å². The van der Waals surface area contributed by atoms with Gasteiger partial charge in [0.1, 0.15) is 0 Å². The molecule has 0 aromatic carbocycles. The largest absolute Gasteiger partial charge is 0.376 e. The normalized spacial score (nSPS) is 23.0. The second kappa shape index (κ2) is 11.5. The summed E-state index contributed by atoms with van der Waals surface area (Å²) < 4.78 is 5.61. The lowest BCUT2D eigenvalue weighted by atomic mass is 10.1. The molecule has 0 spiro atoms. The molecule has 0 aromatic heterocycles. The molecule has 0 aliphatic carbocycles. The van der Waals surface area contributed by atoms with Crippen molar-refractivity contribution in [2.24, 2.45) is 0 Å². The van der Waals surface area contributed by atoms with Gasteiger partial charge in [-0.1, -0.05) is 0 Å². The van der Waals surface area contributed by atoms with Crippen molar-refractivity contribution >= 4 is 30.7 Å². The maximum Gasteiger partial charge on any atom is 0.234 e. The van der Waals surface area contributed by atoms with Gasteiger partial charge in [-0.15, -0.1) is 24.8 Å². The maximum absolute atomic E-state index is 11.9. The Labute approximate surface area is 140 Å². The fourth-order valence-corrected chi connectivity index (χ4v) is 2.86. The minimum absolute atomic E-state index is 0. The summed E-state index contributed by atoms with van der Waals surface area (Å²) in [5.74, 6) is 0.121. The second-order valence-electron chi connectivity index (χ2n) is 5.69. The van der Waals surface area contributed by atoms with Gasteiger partial charge in [-0.3, -0.25) is 9.69 Å². The Kier molecular flexibility index (Phi) is 11.5. The van der Waals surface area contributed by atoms with Crippen LogP contribution >= 0.6 is 24.8 Å². The highest BCUT2D eigenvalue weighted by Gasteiger charge is 2.20. The minimum atomic E-state index is 0. The number of halogens is 2. The minimum Gasteiger partial charge on any atom is -0.376 e. The highest BCUT2D eigenvalue weighted by molar-refractivity contribution is 5.85. The predicted molar refractivity (Wildman–Crippen MR) is 89.6 cm³/mol. The zero-order valence-electron chi connectivity index (χ0n) is 12.8. The van der Waals surface area contributed by atoms with Crippen molar-refractivity contribution in [2.45, 2.75) is 44.2 Å². The van der Waals surface area contributed by atoms with Crippen molar-refractivity contribution in [1.29, 1.82) is 0 Å². The molecule has 21 heavy (non-hydrogen) atoms. The van der Waals surface area contributed by atoms with E-state index in [1.807, 2.05) is 7.05 Å². The van der Waals surface area contributed by atoms with E-state index in [-0.39, 0.29) is 36.8 Å². The molecule has 2 fully saturated rings. The van der Waals surface area contributed by atoms with Crippen LogP contribution in [0.2, 0.25) is 0 Å². The first kappa shape index (κ1) is 20.9. The third kappa shape index (κ3) is 7.66. The van der Waals surface area contributed by atoms with Crippen LogP contribution in [0.3, 0.4) is 0 Å². The average Bonchev–Trinajstić information content (AvgIpc) is 2.47. The molecular weight excluding hydrogens is 313 g/mol. The van der Waals surface area contributed by atoms with Crippen LogP contribution in [-0.2, 0) is 9.53 Å². The van der Waals surface area contributed by atoms with E-state index in [1.165, 1.54) is 6.42 Å². The molecule has 1 unspecified atom stereocenters. The molecule has 0 aromatic rings. The monoisotopic (exact) mass is 341 g/mol. The fourth-order valence-electron chi connectivity index (χ4n) is 2.86. The number of nitrogens with zero attached hydrogens (tertiary/aromatic N) is 1. The third-order valence-electron chi connectivity index (χ3n) is 4.13. The van der Waals surface area contributed by atoms with Crippen molar-refractivity contribution in [3.05, 3.63) is 0 Å². The first-order valence-corrected chi connectivity index (χ1v) is 7.55. The van der Waals surface area contributed by atoms with E-state index in [0.717, 1.165) is 45.4 Å². The Balaban J connectivity index is 0.00000200. The number of likely N-dealkylation sites (N-methyl/N-ethyl adjacent to an activating group) is 1. The Morgan fingerprint density at radius 1 is 1.24 bits per heavy atom. The zero-order chi connectivity index (χ0) is 13.5. The van der Waals surface area contributed by atoms with Gasteiger partial charge in [0.05, 0.1) is 12.6 Å². The zero-order valence-corrected chi connectivity index (χ0v) is 14.4. The molecule has 2 N–H and O–H groups in total. The maximum atomic E-state index is 11.9. The molecule has 2 rings (SSSR count). The molecule has 0 bridgehead atoms. The molecular formula is C14H29Cl2N3O2. The first-order valence-electron chi connectivity index (χ1n) is 7.55. The lowest BCUT2D eigenvalue weighted by molar-refractivity contribution is -0.123. The fraction of sp³-hybridized carbons (Fsp3) is 0.929. The number of carbonyl (C=O) groups is 1. The summed E-state index contributed by atoms with van der Waals surface area (Å²) in [5.41, 5.74) is 0. The van der Waals surface area contributed by atoms with Crippen LogP contribution in [-0.4, -0.2) is 62.8 Å².